The van der Waals surface area contributed by atoms with Crippen LogP contribution in [0.2, 0.25) is 0 Å². The highest BCUT2D eigenvalue weighted by Gasteiger charge is 2.25. The van der Waals surface area contributed by atoms with E-state index in [1.54, 1.807) is 6.92 Å². The van der Waals surface area contributed by atoms with E-state index in [0.29, 0.717) is 24.3 Å². The molecule has 0 saturated carbocycles. The average Bonchev–Trinajstić information content (AvgIpc) is 2.76. The largest absolute Gasteiger partial charge is 0.327 e. The summed E-state index contributed by atoms with van der Waals surface area (Å²) in [4.78, 5) is 13.5. The molecule has 2 N–H and O–H groups in total. The molecule has 2 rings (SSSR count). The van der Waals surface area contributed by atoms with Gasteiger partial charge in [-0.1, -0.05) is 0 Å². The van der Waals surface area contributed by atoms with Crippen molar-refractivity contribution in [2.24, 2.45) is 0 Å². The van der Waals surface area contributed by atoms with E-state index in [1.807, 2.05) is 0 Å². The van der Waals surface area contributed by atoms with Crippen molar-refractivity contribution in [1.82, 2.24) is 9.29 Å². The molecule has 17 heavy (non-hydrogen) atoms. The van der Waals surface area contributed by atoms with Crippen molar-refractivity contribution in [3.63, 3.8) is 0 Å². The van der Waals surface area contributed by atoms with E-state index in [9.17, 15) is 13.2 Å². The predicted octanol–water partition coefficient (Wildman–Crippen LogP) is 0.436. The van der Waals surface area contributed by atoms with E-state index in [-0.39, 0.29) is 5.56 Å². The minimum atomic E-state index is -3.49. The third-order valence-corrected chi connectivity index (χ3v) is 4.30. The summed E-state index contributed by atoms with van der Waals surface area (Å²) < 4.78 is 27.8. The topological polar surface area (TPSA) is 82.3 Å². The van der Waals surface area contributed by atoms with Crippen molar-refractivity contribution in [2.75, 3.05) is 17.8 Å². The summed E-state index contributed by atoms with van der Waals surface area (Å²) >= 11 is 0. The van der Waals surface area contributed by atoms with Gasteiger partial charge in [-0.25, -0.2) is 0 Å². The number of hydrogen-bond donors (Lipinski definition) is 2. The van der Waals surface area contributed by atoms with Crippen molar-refractivity contribution in [2.45, 2.75) is 19.8 Å². The number of hydrogen-bond acceptors (Lipinski definition) is 3. The van der Waals surface area contributed by atoms with Crippen LogP contribution in [-0.2, 0) is 10.2 Å². The number of pyridine rings is 1. The van der Waals surface area contributed by atoms with E-state index >= 15 is 0 Å². The number of aryl methyl sites for hydroxylation is 1. The van der Waals surface area contributed by atoms with E-state index in [4.69, 9.17) is 0 Å². The highest BCUT2D eigenvalue weighted by molar-refractivity contribution is 7.90. The Labute approximate surface area is 99.8 Å². The summed E-state index contributed by atoms with van der Waals surface area (Å²) in [5, 5.41) is 0. The molecule has 1 saturated heterocycles. The fraction of sp³-hybridized carbons (Fsp3) is 0.500. The van der Waals surface area contributed by atoms with Crippen LogP contribution in [0.5, 0.6) is 0 Å². The molecule has 0 atom stereocenters. The Morgan fingerprint density at radius 2 is 2.00 bits per heavy atom. The molecule has 0 bridgehead atoms. The van der Waals surface area contributed by atoms with E-state index in [1.165, 1.54) is 16.6 Å². The zero-order chi connectivity index (χ0) is 12.5. The van der Waals surface area contributed by atoms with Gasteiger partial charge in [0.05, 0.1) is 5.69 Å². The smallest absolute Gasteiger partial charge is 0.301 e. The van der Waals surface area contributed by atoms with Gasteiger partial charge in [0, 0.05) is 25.4 Å². The number of H-pyrrole nitrogens is 1. The molecular weight excluding hydrogens is 242 g/mol. The normalized spacial score (nSPS) is 17.2. The first-order chi connectivity index (χ1) is 7.99. The first-order valence-corrected chi connectivity index (χ1v) is 6.90. The predicted molar refractivity (Wildman–Crippen MR) is 65.1 cm³/mol. The molecule has 6 nitrogen and oxygen atoms in total. The Bertz CT molecular complexity index is 558. The fourth-order valence-electron chi connectivity index (χ4n) is 1.82. The SMILES string of the molecule is Cc1cc(=O)[nH]cc1NS(=O)(=O)N1CCCC1. The van der Waals surface area contributed by atoms with Crippen LogP contribution >= 0.6 is 0 Å². The number of aromatic amines is 1. The van der Waals surface area contributed by atoms with Crippen LogP contribution in [-0.4, -0.2) is 30.8 Å². The van der Waals surface area contributed by atoms with Crippen molar-refractivity contribution in [1.29, 1.82) is 0 Å². The van der Waals surface area contributed by atoms with Crippen LogP contribution in [0.3, 0.4) is 0 Å². The van der Waals surface area contributed by atoms with Crippen LogP contribution in [0.25, 0.3) is 0 Å². The second kappa shape index (κ2) is 4.50. The lowest BCUT2D eigenvalue weighted by molar-refractivity contribution is 0.482. The summed E-state index contributed by atoms with van der Waals surface area (Å²) in [7, 11) is -3.49. The summed E-state index contributed by atoms with van der Waals surface area (Å²) in [5.74, 6) is 0. The maximum atomic E-state index is 12.0. The van der Waals surface area contributed by atoms with Crippen molar-refractivity contribution >= 4 is 15.9 Å². The Morgan fingerprint density at radius 1 is 1.35 bits per heavy atom. The van der Waals surface area contributed by atoms with Crippen LogP contribution in [0.4, 0.5) is 5.69 Å². The molecule has 1 aromatic heterocycles. The van der Waals surface area contributed by atoms with E-state index in [0.717, 1.165) is 12.8 Å². The van der Waals surface area contributed by atoms with Crippen molar-refractivity contribution in [3.8, 4) is 0 Å². The Kier molecular flexibility index (Phi) is 3.21. The molecule has 1 aliphatic rings. The molecule has 0 aromatic carbocycles. The van der Waals surface area contributed by atoms with Crippen LogP contribution in [0, 0.1) is 6.92 Å². The molecule has 0 aliphatic carbocycles. The molecule has 2 heterocycles. The van der Waals surface area contributed by atoms with Crippen LogP contribution in [0.15, 0.2) is 17.1 Å². The fourth-order valence-corrected chi connectivity index (χ4v) is 3.18. The number of aromatic nitrogens is 1. The lowest BCUT2D eigenvalue weighted by Gasteiger charge is -2.17. The lowest BCUT2D eigenvalue weighted by atomic mass is 10.3. The highest BCUT2D eigenvalue weighted by Crippen LogP contribution is 2.17. The quantitative estimate of drug-likeness (QED) is 0.824. The summed E-state index contributed by atoms with van der Waals surface area (Å²) in [5.41, 5.74) is 0.777. The Morgan fingerprint density at radius 3 is 2.59 bits per heavy atom. The van der Waals surface area contributed by atoms with E-state index < -0.39 is 10.2 Å². The summed E-state index contributed by atoms with van der Waals surface area (Å²) in [6, 6.07) is 1.36. The van der Waals surface area contributed by atoms with Gasteiger partial charge in [0.25, 0.3) is 0 Å². The Balaban J connectivity index is 2.22. The van der Waals surface area contributed by atoms with Gasteiger partial charge in [-0.2, -0.15) is 12.7 Å². The molecule has 0 unspecified atom stereocenters. The van der Waals surface area contributed by atoms with Gasteiger partial charge >= 0.3 is 10.2 Å². The maximum Gasteiger partial charge on any atom is 0.301 e. The number of nitrogens with zero attached hydrogens (tertiary/aromatic N) is 1. The minimum absolute atomic E-state index is 0.244. The number of rotatable bonds is 3. The monoisotopic (exact) mass is 257 g/mol. The molecule has 1 fully saturated rings. The molecule has 0 radical (unpaired) electrons. The second-order valence-electron chi connectivity index (χ2n) is 4.11. The molecule has 1 aromatic rings. The lowest BCUT2D eigenvalue weighted by Crippen LogP contribution is -2.33. The molecular formula is C10H15N3O3S. The summed E-state index contributed by atoms with van der Waals surface area (Å²) in [6.45, 7) is 2.80. The maximum absolute atomic E-state index is 12.0. The van der Waals surface area contributed by atoms with Gasteiger partial charge in [0.2, 0.25) is 5.56 Å². The van der Waals surface area contributed by atoms with Crippen LogP contribution < -0.4 is 10.3 Å². The average molecular weight is 257 g/mol. The molecule has 0 amide bonds. The molecule has 1 aliphatic heterocycles. The molecule has 94 valence electrons. The zero-order valence-corrected chi connectivity index (χ0v) is 10.4. The van der Waals surface area contributed by atoms with Crippen LogP contribution in [0.1, 0.15) is 18.4 Å². The van der Waals surface area contributed by atoms with Gasteiger partial charge in [-0.3, -0.25) is 9.52 Å². The van der Waals surface area contributed by atoms with Gasteiger partial charge in [0.1, 0.15) is 0 Å². The zero-order valence-electron chi connectivity index (χ0n) is 9.56. The van der Waals surface area contributed by atoms with Crippen molar-refractivity contribution in [3.05, 3.63) is 28.2 Å². The Hall–Kier alpha value is -1.34. The number of nitrogens with one attached hydrogen (secondary N) is 2. The van der Waals surface area contributed by atoms with Gasteiger partial charge in [-0.15, -0.1) is 0 Å². The van der Waals surface area contributed by atoms with Gasteiger partial charge in [0.15, 0.2) is 0 Å². The summed E-state index contributed by atoms with van der Waals surface area (Å²) in [6.07, 6.45) is 3.17. The van der Waals surface area contributed by atoms with Gasteiger partial charge in [-0.05, 0) is 25.3 Å². The van der Waals surface area contributed by atoms with Gasteiger partial charge < -0.3 is 4.98 Å². The second-order valence-corrected chi connectivity index (χ2v) is 5.78. The first kappa shape index (κ1) is 12.1. The first-order valence-electron chi connectivity index (χ1n) is 5.46. The minimum Gasteiger partial charge on any atom is -0.327 e. The number of anilines is 1. The molecule has 7 heteroatoms. The highest BCUT2D eigenvalue weighted by atomic mass is 32.2. The third kappa shape index (κ3) is 2.67. The van der Waals surface area contributed by atoms with E-state index in [2.05, 4.69) is 9.71 Å². The standard InChI is InChI=1S/C10H15N3O3S/c1-8-6-10(14)11-7-9(8)12-17(15,16)13-4-2-3-5-13/h6-7,12H,2-5H2,1H3,(H,11,14). The van der Waals surface area contributed by atoms with Crippen molar-refractivity contribution < 1.29 is 8.42 Å². The third-order valence-electron chi connectivity index (χ3n) is 2.78. The molecule has 0 spiro atoms.